The highest BCUT2D eigenvalue weighted by Crippen LogP contribution is 2.35. The summed E-state index contributed by atoms with van der Waals surface area (Å²) in [4.78, 5) is 39.6. The van der Waals surface area contributed by atoms with Gasteiger partial charge < -0.3 is 19.9 Å². The first-order valence-corrected chi connectivity index (χ1v) is 18.2. The van der Waals surface area contributed by atoms with Gasteiger partial charge in [-0.1, -0.05) is 45.4 Å². The van der Waals surface area contributed by atoms with E-state index in [2.05, 4.69) is 25.0 Å². The van der Waals surface area contributed by atoms with Crippen molar-refractivity contribution in [3.63, 3.8) is 0 Å². The molecule has 0 spiro atoms. The van der Waals surface area contributed by atoms with Gasteiger partial charge in [0.25, 0.3) is 15.9 Å². The van der Waals surface area contributed by atoms with Gasteiger partial charge in [0.2, 0.25) is 5.91 Å². The van der Waals surface area contributed by atoms with Crippen molar-refractivity contribution in [1.82, 2.24) is 20.4 Å². The maximum absolute atomic E-state index is 13.3. The average Bonchev–Trinajstić information content (AvgIpc) is 3.51. The summed E-state index contributed by atoms with van der Waals surface area (Å²) in [7, 11) is -0.165. The van der Waals surface area contributed by atoms with E-state index in [1.54, 1.807) is 56.6 Å². The number of hydrogen-bond donors (Lipinski definition) is 5. The highest BCUT2D eigenvalue weighted by atomic mass is 35.5. The number of hydroxylamine groups is 1. The number of nitrogens with zero attached hydrogens (tertiary/aromatic N) is 3. The lowest BCUT2D eigenvalue weighted by atomic mass is 9.75. The molecule has 0 radical (unpaired) electrons. The fourth-order valence-corrected chi connectivity index (χ4v) is 7.17. The molecule has 0 aliphatic rings. The smallest absolute Gasteiger partial charge is 0.263 e. The lowest BCUT2D eigenvalue weighted by molar-refractivity contribution is -0.140. The van der Waals surface area contributed by atoms with E-state index in [0.29, 0.717) is 40.0 Å². The fourth-order valence-electron chi connectivity index (χ4n) is 5.93. The molecule has 2 aromatic heterocycles. The van der Waals surface area contributed by atoms with Gasteiger partial charge in [-0.05, 0) is 79.4 Å². The van der Waals surface area contributed by atoms with Gasteiger partial charge >= 0.3 is 0 Å². The van der Waals surface area contributed by atoms with Crippen LogP contribution in [0.2, 0.25) is 5.02 Å². The third kappa shape index (κ3) is 8.81. The number of imidazole rings is 1. The van der Waals surface area contributed by atoms with Crippen LogP contribution in [0, 0.1) is 17.8 Å². The lowest BCUT2D eigenvalue weighted by Crippen LogP contribution is -2.39. The molecule has 15 heteroatoms. The molecule has 5 rings (SSSR count). The number of carbonyl (C=O) groups is 2. The number of rotatable bonds is 13. The van der Waals surface area contributed by atoms with Crippen LogP contribution in [0.1, 0.15) is 50.2 Å². The van der Waals surface area contributed by atoms with Crippen LogP contribution < -0.4 is 25.2 Å². The number of halogens is 1. The molecular weight excluding hydrogens is 706 g/mol. The maximum Gasteiger partial charge on any atom is 0.263 e. The number of nitrogens with one attached hydrogen (secondary N) is 4. The first-order valence-electron chi connectivity index (χ1n) is 16.3. The molecule has 0 unspecified atom stereocenters. The minimum atomic E-state index is -4.08. The zero-order valence-electron chi connectivity index (χ0n) is 30.0. The number of hydrogen-bond acceptors (Lipinski definition) is 9. The molecule has 2 amide bonds. The van der Waals surface area contributed by atoms with E-state index < -0.39 is 32.7 Å². The van der Waals surface area contributed by atoms with E-state index in [0.717, 1.165) is 16.7 Å². The summed E-state index contributed by atoms with van der Waals surface area (Å²) in [6.45, 7) is 9.05. The Morgan fingerprint density at radius 1 is 0.981 bits per heavy atom. The molecule has 3 aromatic carbocycles. The van der Waals surface area contributed by atoms with Gasteiger partial charge in [-0.25, -0.2) is 23.9 Å². The van der Waals surface area contributed by atoms with Gasteiger partial charge in [0.1, 0.15) is 17.4 Å². The fraction of sp³-hybridized carbons (Fsp3) is 0.297. The van der Waals surface area contributed by atoms with Crippen LogP contribution in [-0.2, 0) is 14.8 Å². The molecule has 5 N–H and O–H groups in total. The molecule has 0 aliphatic heterocycles. The minimum Gasteiger partial charge on any atom is -0.493 e. The summed E-state index contributed by atoms with van der Waals surface area (Å²) < 4.78 is 35.1. The van der Waals surface area contributed by atoms with Crippen molar-refractivity contribution in [3.05, 3.63) is 89.1 Å². The number of benzene rings is 3. The number of anilines is 3. The normalized spacial score (nSPS) is 12.0. The molecule has 5 aromatic rings. The monoisotopic (exact) mass is 747 g/mol. The van der Waals surface area contributed by atoms with E-state index in [-0.39, 0.29) is 22.9 Å². The number of carbonyl (C=O) groups excluding carboxylic acids is 2. The van der Waals surface area contributed by atoms with Crippen molar-refractivity contribution in [2.24, 2.45) is 10.8 Å². The summed E-state index contributed by atoms with van der Waals surface area (Å²) in [5, 5.41) is 12.4. The van der Waals surface area contributed by atoms with Gasteiger partial charge in [0, 0.05) is 42.5 Å². The molecule has 274 valence electrons. The van der Waals surface area contributed by atoms with Gasteiger partial charge in [0.05, 0.1) is 38.8 Å². The summed E-state index contributed by atoms with van der Waals surface area (Å²) >= 11 is 6.54. The van der Waals surface area contributed by atoms with E-state index in [1.807, 2.05) is 51.0 Å². The van der Waals surface area contributed by atoms with Crippen molar-refractivity contribution in [2.45, 2.75) is 45.9 Å². The molecule has 52 heavy (non-hydrogen) atoms. The topological polar surface area (TPSA) is 179 Å². The van der Waals surface area contributed by atoms with Crippen molar-refractivity contribution in [2.75, 3.05) is 35.6 Å². The number of aryl methyl sites for hydroxylation is 1. The average molecular weight is 748 g/mol. The minimum absolute atomic E-state index is 0.0296. The molecule has 0 saturated heterocycles. The number of amides is 2. The molecule has 0 fully saturated rings. The third-order valence-electron chi connectivity index (χ3n) is 8.41. The van der Waals surface area contributed by atoms with Crippen LogP contribution in [0.5, 0.6) is 5.75 Å². The second-order valence-corrected chi connectivity index (χ2v) is 16.3. The second kappa shape index (κ2) is 14.8. The van der Waals surface area contributed by atoms with E-state index >= 15 is 0 Å². The Morgan fingerprint density at radius 3 is 2.42 bits per heavy atom. The quantitative estimate of drug-likeness (QED) is 0.0625. The first kappa shape index (κ1) is 38.1. The number of aromatic nitrogens is 3. The number of ether oxygens (including phenoxy) is 1. The van der Waals surface area contributed by atoms with E-state index in [1.165, 1.54) is 24.3 Å². The molecule has 0 saturated carbocycles. The highest BCUT2D eigenvalue weighted by molar-refractivity contribution is 7.92. The van der Waals surface area contributed by atoms with E-state index in [9.17, 15) is 18.0 Å². The van der Waals surface area contributed by atoms with Crippen molar-refractivity contribution >= 4 is 61.7 Å². The molecule has 0 bridgehead atoms. The predicted octanol–water partition coefficient (Wildman–Crippen LogP) is 7.03. The number of sulfonamides is 1. The zero-order chi connectivity index (χ0) is 38.0. The SMILES string of the molecule is Cc1nc(NS(=O)(=O)c2cccc(OCC(C)(C)CC(C)(C)C(=O)NO)c2)ccc1C(=O)Nc1ccc(Cl)c(-c2nc3ccc(N(C)C)cc3[nH]2)c1. The Morgan fingerprint density at radius 2 is 1.73 bits per heavy atom. The van der Waals surface area contributed by atoms with Gasteiger partial charge in [-0.2, -0.15) is 0 Å². The zero-order valence-corrected chi connectivity index (χ0v) is 31.5. The molecule has 2 heterocycles. The van der Waals surface area contributed by atoms with Crippen molar-refractivity contribution in [1.29, 1.82) is 0 Å². The number of H-pyrrole nitrogens is 1. The van der Waals surface area contributed by atoms with E-state index in [4.69, 9.17) is 21.5 Å². The molecule has 13 nitrogen and oxygen atoms in total. The summed E-state index contributed by atoms with van der Waals surface area (Å²) in [5.41, 5.74) is 4.63. The Kier molecular flexibility index (Phi) is 10.8. The van der Waals surface area contributed by atoms with Gasteiger partial charge in [0.15, 0.2) is 0 Å². The number of pyridine rings is 1. The summed E-state index contributed by atoms with van der Waals surface area (Å²) in [6.07, 6.45) is 0.395. The summed E-state index contributed by atoms with van der Waals surface area (Å²) in [6, 6.07) is 19.9. The van der Waals surface area contributed by atoms with Crippen LogP contribution >= 0.6 is 11.6 Å². The molecule has 0 atom stereocenters. The van der Waals surface area contributed by atoms with Crippen LogP contribution in [0.3, 0.4) is 0 Å². The Bertz CT molecular complexity index is 2250. The Hall–Kier alpha value is -5.18. The van der Waals surface area contributed by atoms with Crippen molar-refractivity contribution in [3.8, 4) is 17.1 Å². The number of fused-ring (bicyclic) bond motifs is 1. The number of aromatic amines is 1. The molecular formula is C37H42ClN7O6S. The Labute approximate surface area is 307 Å². The van der Waals surface area contributed by atoms with Crippen LogP contribution in [-0.4, -0.2) is 61.1 Å². The third-order valence-corrected chi connectivity index (χ3v) is 10.1. The highest BCUT2D eigenvalue weighted by Gasteiger charge is 2.35. The summed E-state index contributed by atoms with van der Waals surface area (Å²) in [5.74, 6) is -0.0496. The van der Waals surface area contributed by atoms with Gasteiger partial charge in [-0.3, -0.25) is 19.5 Å². The first-order chi connectivity index (χ1) is 24.4. The standard InChI is InChI=1S/C37H42ClN7O6S/c1-22-27(34(46)40-23-11-14-29(38)28(17-23)33-41-30-15-12-24(45(6)7)18-31(30)42-33)13-16-32(39-22)44-52(49,50)26-10-8-9-25(19-26)51-21-36(2,3)20-37(4,5)35(47)43-48/h8-19,48H,20-21H2,1-7H3,(H,39,44)(H,40,46)(H,41,42)(H,43,47). The van der Waals surface area contributed by atoms with Crippen LogP contribution in [0.15, 0.2) is 77.7 Å². The van der Waals surface area contributed by atoms with Crippen LogP contribution in [0.25, 0.3) is 22.4 Å². The maximum atomic E-state index is 13.3. The lowest BCUT2D eigenvalue weighted by Gasteiger charge is -2.33. The molecule has 0 aliphatic carbocycles. The second-order valence-electron chi connectivity index (χ2n) is 14.2. The largest absolute Gasteiger partial charge is 0.493 e. The van der Waals surface area contributed by atoms with Crippen LogP contribution in [0.4, 0.5) is 17.2 Å². The predicted molar refractivity (Wildman–Crippen MR) is 203 cm³/mol. The van der Waals surface area contributed by atoms with Gasteiger partial charge in [-0.15, -0.1) is 0 Å². The Balaban J connectivity index is 1.26. The van der Waals surface area contributed by atoms with Crippen molar-refractivity contribution < 1.29 is 28.0 Å².